The third kappa shape index (κ3) is 2.48. The summed E-state index contributed by atoms with van der Waals surface area (Å²) in [6.07, 6.45) is 0.700. The van der Waals surface area contributed by atoms with E-state index in [1.165, 1.54) is 0 Å². The minimum absolute atomic E-state index is 0.484. The van der Waals surface area contributed by atoms with Crippen molar-refractivity contribution in [1.29, 1.82) is 0 Å². The third-order valence-corrected chi connectivity index (χ3v) is 0.820. The molecule has 0 atom stereocenters. The van der Waals surface area contributed by atoms with Gasteiger partial charge in [-0.2, -0.15) is 0 Å². The molecule has 1 heterocycles. The Kier molecular flexibility index (Phi) is 4.28. The quantitative estimate of drug-likeness (QED) is 0.638. The Labute approximate surface area is 59.2 Å². The van der Waals surface area contributed by atoms with Crippen LogP contribution in [0.15, 0.2) is 9.32 Å². The van der Waals surface area contributed by atoms with Gasteiger partial charge in [-0.25, -0.2) is 4.79 Å². The van der Waals surface area contributed by atoms with Crippen LogP contribution in [0.4, 0.5) is 0 Å². The fourth-order valence-electron chi connectivity index (χ4n) is 0.413. The molecule has 58 valence electrons. The summed E-state index contributed by atoms with van der Waals surface area (Å²) in [7, 11) is 0. The van der Waals surface area contributed by atoms with Gasteiger partial charge < -0.3 is 0 Å². The van der Waals surface area contributed by atoms with Crippen molar-refractivity contribution in [3.8, 4) is 0 Å². The Balaban J connectivity index is 0.000000371. The summed E-state index contributed by atoms with van der Waals surface area (Å²) in [5.74, 6) is 0.108. The van der Waals surface area contributed by atoms with Gasteiger partial charge in [-0.05, 0) is 0 Å². The second kappa shape index (κ2) is 4.78. The molecule has 4 nitrogen and oxygen atoms in total. The molecule has 1 N–H and O–H groups in total. The van der Waals surface area contributed by atoms with Crippen LogP contribution in [0.5, 0.6) is 0 Å². The van der Waals surface area contributed by atoms with Crippen LogP contribution in [-0.4, -0.2) is 10.1 Å². The molecule has 0 aliphatic rings. The second-order valence-corrected chi connectivity index (χ2v) is 1.40. The Bertz CT molecular complexity index is 214. The highest BCUT2D eigenvalue weighted by molar-refractivity contribution is 4.74. The van der Waals surface area contributed by atoms with Gasteiger partial charge in [0.15, 0.2) is 5.82 Å². The van der Waals surface area contributed by atoms with Crippen molar-refractivity contribution < 1.29 is 4.52 Å². The van der Waals surface area contributed by atoms with E-state index in [2.05, 4.69) is 14.7 Å². The average Bonchev–Trinajstić information content (AvgIpc) is 2.40. The van der Waals surface area contributed by atoms with E-state index < -0.39 is 5.76 Å². The van der Waals surface area contributed by atoms with Crippen molar-refractivity contribution in [2.45, 2.75) is 27.2 Å². The third-order valence-electron chi connectivity index (χ3n) is 0.820. The SMILES string of the molecule is CC.CCc1noc(=O)[nH]1. The molecule has 0 saturated heterocycles. The Morgan fingerprint density at radius 3 is 2.40 bits per heavy atom. The number of nitrogens with zero attached hydrogens (tertiary/aromatic N) is 1. The number of H-pyrrole nitrogens is 1. The fourth-order valence-corrected chi connectivity index (χ4v) is 0.413. The molecular weight excluding hydrogens is 132 g/mol. The summed E-state index contributed by atoms with van der Waals surface area (Å²) in [5, 5.41) is 3.39. The molecule has 1 aromatic heterocycles. The molecule has 0 bridgehead atoms. The smallest absolute Gasteiger partial charge is 0.296 e. The predicted molar refractivity (Wildman–Crippen MR) is 37.8 cm³/mol. The maximum Gasteiger partial charge on any atom is 0.438 e. The first-order valence-electron chi connectivity index (χ1n) is 3.38. The van der Waals surface area contributed by atoms with Gasteiger partial charge in [-0.1, -0.05) is 25.9 Å². The molecule has 0 fully saturated rings. The zero-order chi connectivity index (χ0) is 7.98. The number of aromatic nitrogens is 2. The molecule has 0 spiro atoms. The number of aryl methyl sites for hydroxylation is 1. The van der Waals surface area contributed by atoms with Crippen molar-refractivity contribution in [3.63, 3.8) is 0 Å². The van der Waals surface area contributed by atoms with Crippen LogP contribution >= 0.6 is 0 Å². The molecule has 0 radical (unpaired) electrons. The van der Waals surface area contributed by atoms with Crippen LogP contribution < -0.4 is 5.76 Å². The lowest BCUT2D eigenvalue weighted by atomic mass is 10.5. The Hall–Kier alpha value is -1.06. The highest BCUT2D eigenvalue weighted by atomic mass is 16.5. The summed E-state index contributed by atoms with van der Waals surface area (Å²) in [6.45, 7) is 5.88. The summed E-state index contributed by atoms with van der Waals surface area (Å²) in [4.78, 5) is 12.6. The van der Waals surface area contributed by atoms with Crippen LogP contribution in [0.2, 0.25) is 0 Å². The monoisotopic (exact) mass is 144 g/mol. The number of nitrogens with one attached hydrogen (secondary N) is 1. The van der Waals surface area contributed by atoms with Gasteiger partial charge in [-0.3, -0.25) is 9.51 Å². The van der Waals surface area contributed by atoms with Crippen molar-refractivity contribution in [2.24, 2.45) is 0 Å². The number of rotatable bonds is 1. The molecule has 1 aromatic rings. The lowest BCUT2D eigenvalue weighted by Crippen LogP contribution is -1.95. The van der Waals surface area contributed by atoms with E-state index in [9.17, 15) is 4.79 Å². The Morgan fingerprint density at radius 1 is 1.60 bits per heavy atom. The average molecular weight is 144 g/mol. The summed E-state index contributed by atoms with van der Waals surface area (Å²) in [5.41, 5.74) is 0. The van der Waals surface area contributed by atoms with Crippen molar-refractivity contribution in [2.75, 3.05) is 0 Å². The van der Waals surface area contributed by atoms with Crippen molar-refractivity contribution >= 4 is 0 Å². The molecule has 0 aliphatic carbocycles. The number of aromatic amines is 1. The molecule has 0 aliphatic heterocycles. The van der Waals surface area contributed by atoms with Gasteiger partial charge in [0.2, 0.25) is 0 Å². The van der Waals surface area contributed by atoms with Gasteiger partial charge in [0.1, 0.15) is 0 Å². The highest BCUT2D eigenvalue weighted by Gasteiger charge is 1.92. The second-order valence-electron chi connectivity index (χ2n) is 1.40. The maximum atomic E-state index is 10.2. The lowest BCUT2D eigenvalue weighted by molar-refractivity contribution is 0.381. The lowest BCUT2D eigenvalue weighted by Gasteiger charge is -1.74. The summed E-state index contributed by atoms with van der Waals surface area (Å²) < 4.78 is 4.19. The predicted octanol–water partition coefficient (Wildman–Crippen LogP) is 0.952. The van der Waals surface area contributed by atoms with E-state index in [0.717, 1.165) is 0 Å². The van der Waals surface area contributed by atoms with E-state index in [-0.39, 0.29) is 0 Å². The van der Waals surface area contributed by atoms with Crippen LogP contribution in [-0.2, 0) is 6.42 Å². The minimum Gasteiger partial charge on any atom is -0.296 e. The molecule has 0 saturated carbocycles. The van der Waals surface area contributed by atoms with Gasteiger partial charge in [-0.15, -0.1) is 0 Å². The standard InChI is InChI=1S/C4H6N2O2.C2H6/c1-2-3-5-4(7)8-6-3;1-2/h2H2,1H3,(H,5,6,7);1-2H3. The summed E-state index contributed by atoms with van der Waals surface area (Å²) in [6, 6.07) is 0. The molecular formula is C6H12N2O2. The van der Waals surface area contributed by atoms with Crippen LogP contribution in [0, 0.1) is 0 Å². The largest absolute Gasteiger partial charge is 0.438 e. The molecule has 10 heavy (non-hydrogen) atoms. The minimum atomic E-state index is -0.484. The zero-order valence-electron chi connectivity index (χ0n) is 6.47. The molecule has 0 amide bonds. The molecule has 0 aromatic carbocycles. The Morgan fingerprint density at radius 2 is 2.20 bits per heavy atom. The van der Waals surface area contributed by atoms with Crippen molar-refractivity contribution in [3.05, 3.63) is 16.4 Å². The topological polar surface area (TPSA) is 58.9 Å². The fraction of sp³-hybridized carbons (Fsp3) is 0.667. The van der Waals surface area contributed by atoms with Gasteiger partial charge in [0, 0.05) is 6.42 Å². The van der Waals surface area contributed by atoms with Gasteiger partial charge in [0.05, 0.1) is 0 Å². The van der Waals surface area contributed by atoms with E-state index in [1.807, 2.05) is 20.8 Å². The van der Waals surface area contributed by atoms with Crippen LogP contribution in [0.1, 0.15) is 26.6 Å². The van der Waals surface area contributed by atoms with E-state index in [4.69, 9.17) is 0 Å². The first-order valence-corrected chi connectivity index (χ1v) is 3.38. The number of hydrogen-bond donors (Lipinski definition) is 1. The molecule has 4 heteroatoms. The van der Waals surface area contributed by atoms with E-state index in [1.54, 1.807) is 0 Å². The van der Waals surface area contributed by atoms with Crippen LogP contribution in [0.3, 0.4) is 0 Å². The van der Waals surface area contributed by atoms with Crippen molar-refractivity contribution in [1.82, 2.24) is 10.1 Å². The zero-order valence-corrected chi connectivity index (χ0v) is 6.47. The summed E-state index contributed by atoms with van der Waals surface area (Å²) >= 11 is 0. The number of hydrogen-bond acceptors (Lipinski definition) is 3. The van der Waals surface area contributed by atoms with Gasteiger partial charge in [0.25, 0.3) is 0 Å². The first kappa shape index (κ1) is 8.94. The maximum absolute atomic E-state index is 10.2. The highest BCUT2D eigenvalue weighted by Crippen LogP contribution is 1.81. The normalized spacial score (nSPS) is 8.30. The molecule has 0 unspecified atom stereocenters. The van der Waals surface area contributed by atoms with E-state index >= 15 is 0 Å². The first-order chi connectivity index (χ1) is 4.83. The van der Waals surface area contributed by atoms with Gasteiger partial charge >= 0.3 is 5.76 Å². The van der Waals surface area contributed by atoms with E-state index in [0.29, 0.717) is 12.2 Å². The van der Waals surface area contributed by atoms with Crippen LogP contribution in [0.25, 0.3) is 0 Å². The molecule has 1 rings (SSSR count).